The molecule has 0 spiro atoms. The molecule has 10 heteroatoms. The van der Waals surface area contributed by atoms with Crippen LogP contribution >= 0.6 is 22.9 Å². The van der Waals surface area contributed by atoms with E-state index in [9.17, 15) is 18.3 Å². The van der Waals surface area contributed by atoms with Crippen LogP contribution in [0.15, 0.2) is 41.3 Å². The molecular formula is C21H22ClN3O4S2. The number of aliphatic carboxylic acids is 1. The van der Waals surface area contributed by atoms with Gasteiger partial charge in [0.05, 0.1) is 20.9 Å². The lowest BCUT2D eigenvalue weighted by Crippen LogP contribution is -2.42. The number of hydrogen-bond acceptors (Lipinski definition) is 6. The third-order valence-electron chi connectivity index (χ3n) is 5.16. The van der Waals surface area contributed by atoms with Crippen molar-refractivity contribution in [3.05, 3.63) is 52.0 Å². The van der Waals surface area contributed by atoms with Crippen LogP contribution < -0.4 is 10.0 Å². The molecule has 0 radical (unpaired) electrons. The first-order chi connectivity index (χ1) is 14.5. The maximum Gasteiger partial charge on any atom is 0.322 e. The highest BCUT2D eigenvalue weighted by molar-refractivity contribution is 7.89. The van der Waals surface area contributed by atoms with Crippen molar-refractivity contribution in [3.63, 3.8) is 0 Å². The van der Waals surface area contributed by atoms with E-state index in [-0.39, 0.29) is 21.8 Å². The van der Waals surface area contributed by atoms with E-state index < -0.39 is 22.0 Å². The van der Waals surface area contributed by atoms with E-state index in [4.69, 9.17) is 11.6 Å². The number of fused-ring (bicyclic) bond motifs is 2. The molecule has 164 valence electrons. The van der Waals surface area contributed by atoms with Crippen molar-refractivity contribution in [1.82, 2.24) is 9.71 Å². The summed E-state index contributed by atoms with van der Waals surface area (Å²) in [4.78, 5) is 16.3. The fourth-order valence-corrected chi connectivity index (χ4v) is 6.46. The third-order valence-corrected chi connectivity index (χ3v) is 7.94. The molecule has 2 heterocycles. The Morgan fingerprint density at radius 2 is 2.10 bits per heavy atom. The van der Waals surface area contributed by atoms with Gasteiger partial charge in [-0.25, -0.2) is 13.4 Å². The Morgan fingerprint density at radius 1 is 1.35 bits per heavy atom. The van der Waals surface area contributed by atoms with Crippen molar-refractivity contribution in [2.75, 3.05) is 11.9 Å². The van der Waals surface area contributed by atoms with Gasteiger partial charge in [-0.2, -0.15) is 4.72 Å². The van der Waals surface area contributed by atoms with Gasteiger partial charge < -0.3 is 10.4 Å². The fraction of sp³-hybridized carbons (Fsp3) is 0.333. The topological polar surface area (TPSA) is 108 Å². The maximum absolute atomic E-state index is 13.2. The summed E-state index contributed by atoms with van der Waals surface area (Å²) in [5.74, 6) is -1.27. The number of nitrogens with one attached hydrogen (secondary N) is 2. The number of halogens is 1. The second kappa shape index (κ2) is 8.05. The number of hydrogen-bond donors (Lipinski definition) is 3. The number of anilines is 1. The van der Waals surface area contributed by atoms with E-state index in [1.165, 1.54) is 17.4 Å². The van der Waals surface area contributed by atoms with Crippen LogP contribution in [0.2, 0.25) is 5.02 Å². The predicted molar refractivity (Wildman–Crippen MR) is 122 cm³/mol. The summed E-state index contributed by atoms with van der Waals surface area (Å²) in [5, 5.41) is 13.7. The molecule has 1 atom stereocenters. The van der Waals surface area contributed by atoms with E-state index in [2.05, 4.69) is 28.9 Å². The molecule has 1 aromatic heterocycles. The average Bonchev–Trinajstić information content (AvgIpc) is 3.08. The summed E-state index contributed by atoms with van der Waals surface area (Å²) in [6, 6.07) is 9.19. The summed E-state index contributed by atoms with van der Waals surface area (Å²) in [6.07, 6.45) is 0.601. The van der Waals surface area contributed by atoms with E-state index in [0.29, 0.717) is 23.7 Å². The Morgan fingerprint density at radius 3 is 2.81 bits per heavy atom. The number of nitrogens with zero attached hydrogens (tertiary/aromatic N) is 1. The van der Waals surface area contributed by atoms with E-state index >= 15 is 0 Å². The highest BCUT2D eigenvalue weighted by Crippen LogP contribution is 2.38. The van der Waals surface area contributed by atoms with Gasteiger partial charge in [-0.3, -0.25) is 4.79 Å². The minimum absolute atomic E-state index is 0.0407. The minimum atomic E-state index is -4.16. The first kappa shape index (κ1) is 22.0. The van der Waals surface area contributed by atoms with Gasteiger partial charge in [0.25, 0.3) is 0 Å². The van der Waals surface area contributed by atoms with Crippen LogP contribution in [0.1, 0.15) is 24.4 Å². The lowest BCUT2D eigenvalue weighted by atomic mass is 9.82. The van der Waals surface area contributed by atoms with Gasteiger partial charge in [0.1, 0.15) is 10.9 Å². The number of carbonyl (C=O) groups is 1. The first-order valence-corrected chi connectivity index (χ1v) is 12.4. The van der Waals surface area contributed by atoms with Gasteiger partial charge in [0, 0.05) is 18.0 Å². The molecule has 31 heavy (non-hydrogen) atoms. The van der Waals surface area contributed by atoms with Gasteiger partial charge >= 0.3 is 5.97 Å². The number of aromatic nitrogens is 1. The molecule has 1 aliphatic rings. The number of carboxylic acid groups (broad SMARTS) is 1. The van der Waals surface area contributed by atoms with Crippen LogP contribution in [0.25, 0.3) is 10.2 Å². The summed E-state index contributed by atoms with van der Waals surface area (Å²) in [5.41, 5.74) is 1.97. The zero-order chi connectivity index (χ0) is 22.4. The van der Waals surface area contributed by atoms with Crippen molar-refractivity contribution in [2.45, 2.75) is 37.6 Å². The predicted octanol–water partition coefficient (Wildman–Crippen LogP) is 3.92. The highest BCUT2D eigenvalue weighted by atomic mass is 35.5. The fourth-order valence-electron chi connectivity index (χ4n) is 3.71. The van der Waals surface area contributed by atoms with Crippen molar-refractivity contribution in [3.8, 4) is 0 Å². The molecule has 0 unspecified atom stereocenters. The maximum atomic E-state index is 13.2. The Kier molecular flexibility index (Phi) is 5.72. The Hall–Kier alpha value is -2.20. The van der Waals surface area contributed by atoms with E-state index in [0.717, 1.165) is 15.8 Å². The number of rotatable bonds is 6. The molecule has 0 amide bonds. The number of para-hydroxylation sites is 1. The quantitative estimate of drug-likeness (QED) is 0.494. The molecule has 3 N–H and O–H groups in total. The molecule has 7 nitrogen and oxygen atoms in total. The van der Waals surface area contributed by atoms with E-state index in [1.807, 2.05) is 24.3 Å². The van der Waals surface area contributed by atoms with Crippen LogP contribution in [-0.2, 0) is 27.7 Å². The Balaban J connectivity index is 1.65. The number of sulfonamides is 1. The zero-order valence-electron chi connectivity index (χ0n) is 17.0. The van der Waals surface area contributed by atoms with Crippen molar-refractivity contribution in [2.24, 2.45) is 5.41 Å². The van der Waals surface area contributed by atoms with Gasteiger partial charge in [0.2, 0.25) is 10.0 Å². The molecular weight excluding hydrogens is 458 g/mol. The molecule has 0 aliphatic carbocycles. The standard InChI is InChI=1S/C21H22ClN3O4S2/c1-21(2)10-12-7-13(22)8-17(19(12)23-11-21)31(28,29)25-15(20(26)27)9-18-24-14-5-3-4-6-16(14)30-18/h3-8,15,23,25H,9-11H2,1-2H3,(H,26,27)/t15-/m0/s1. The van der Waals surface area contributed by atoms with Crippen LogP contribution in [-0.4, -0.2) is 37.1 Å². The van der Waals surface area contributed by atoms with Crippen molar-refractivity contribution >= 4 is 54.8 Å². The smallest absolute Gasteiger partial charge is 0.322 e. The van der Waals surface area contributed by atoms with Gasteiger partial charge in [-0.15, -0.1) is 11.3 Å². The monoisotopic (exact) mass is 479 g/mol. The molecule has 1 aliphatic heterocycles. The van der Waals surface area contributed by atoms with Gasteiger partial charge in [-0.1, -0.05) is 37.6 Å². The van der Waals surface area contributed by atoms with Crippen molar-refractivity contribution < 1.29 is 18.3 Å². The average molecular weight is 480 g/mol. The lowest BCUT2D eigenvalue weighted by Gasteiger charge is -2.33. The largest absolute Gasteiger partial charge is 0.480 e. The second-order valence-electron chi connectivity index (χ2n) is 8.42. The second-order valence-corrected chi connectivity index (χ2v) is 11.7. The van der Waals surface area contributed by atoms with E-state index in [1.54, 1.807) is 6.07 Å². The summed E-state index contributed by atoms with van der Waals surface area (Å²) in [6.45, 7) is 4.75. The summed E-state index contributed by atoms with van der Waals surface area (Å²) < 4.78 is 29.7. The van der Waals surface area contributed by atoms with Crippen molar-refractivity contribution in [1.29, 1.82) is 0 Å². The molecule has 0 saturated carbocycles. The Bertz CT molecular complexity index is 1240. The molecule has 0 bridgehead atoms. The molecule has 4 rings (SSSR count). The highest BCUT2D eigenvalue weighted by Gasteiger charge is 2.33. The number of benzene rings is 2. The number of carboxylic acids is 1. The normalized spacial score (nSPS) is 16.5. The van der Waals surface area contributed by atoms with Gasteiger partial charge in [-0.05, 0) is 41.7 Å². The minimum Gasteiger partial charge on any atom is -0.480 e. The summed E-state index contributed by atoms with van der Waals surface area (Å²) >= 11 is 7.56. The number of thiazole rings is 1. The van der Waals surface area contributed by atoms with Crippen LogP contribution in [0, 0.1) is 5.41 Å². The molecule has 0 saturated heterocycles. The molecule has 0 fully saturated rings. The van der Waals surface area contributed by atoms with Crippen LogP contribution in [0.5, 0.6) is 0 Å². The zero-order valence-corrected chi connectivity index (χ0v) is 19.4. The van der Waals surface area contributed by atoms with Crippen LogP contribution in [0.4, 0.5) is 5.69 Å². The lowest BCUT2D eigenvalue weighted by molar-refractivity contribution is -0.138. The SMILES string of the molecule is CC1(C)CNc2c(cc(Cl)cc2S(=O)(=O)N[C@@H](Cc2nc3ccccc3s2)C(=O)O)C1. The van der Waals surface area contributed by atoms with Gasteiger partial charge in [0.15, 0.2) is 0 Å². The molecule has 3 aromatic rings. The third kappa shape index (κ3) is 4.69. The first-order valence-electron chi connectivity index (χ1n) is 9.70. The summed E-state index contributed by atoms with van der Waals surface area (Å²) in [7, 11) is -4.16. The Labute approximate surface area is 189 Å². The molecule has 2 aromatic carbocycles. The van der Waals surface area contributed by atoms with Crippen LogP contribution in [0.3, 0.4) is 0 Å².